The Bertz CT molecular complexity index is 385. The maximum absolute atomic E-state index is 5.94. The summed E-state index contributed by atoms with van der Waals surface area (Å²) in [4.78, 5) is 10.6. The van der Waals surface area contributed by atoms with E-state index in [-0.39, 0.29) is 0 Å². The molecule has 0 atom stereocenters. The van der Waals surface area contributed by atoms with Crippen molar-refractivity contribution < 1.29 is 4.42 Å². The van der Waals surface area contributed by atoms with E-state index in [1.165, 1.54) is 0 Å². The highest BCUT2D eigenvalue weighted by atomic mass is 32.2. The molecule has 6 heteroatoms. The zero-order valence-corrected chi connectivity index (χ0v) is 10.9. The number of rotatable bonds is 3. The smallest absolute Gasteiger partial charge is 0.194 e. The summed E-state index contributed by atoms with van der Waals surface area (Å²) in [6.45, 7) is 4.45. The van der Waals surface area contributed by atoms with Gasteiger partial charge in [0.05, 0.1) is 6.20 Å². The van der Waals surface area contributed by atoms with Crippen molar-refractivity contribution in [3.63, 3.8) is 0 Å². The Morgan fingerprint density at radius 3 is 3.00 bits per heavy atom. The number of nitrogens with two attached hydrogens (primary N) is 1. The number of hydrogen-bond donors (Lipinski definition) is 1. The Balaban J connectivity index is 1.90. The third-order valence-electron chi connectivity index (χ3n) is 2.64. The highest BCUT2D eigenvalue weighted by Gasteiger charge is 2.12. The molecule has 0 amide bonds. The quantitative estimate of drug-likeness (QED) is 0.646. The van der Waals surface area contributed by atoms with Crippen molar-refractivity contribution >= 4 is 17.7 Å². The Morgan fingerprint density at radius 2 is 2.35 bits per heavy atom. The molecule has 2 N–H and O–H groups in total. The molecule has 0 spiro atoms. The maximum Gasteiger partial charge on any atom is 0.194 e. The monoisotopic (exact) mass is 254 g/mol. The van der Waals surface area contributed by atoms with Gasteiger partial charge in [0, 0.05) is 31.0 Å². The largest absolute Gasteiger partial charge is 0.444 e. The minimum atomic E-state index is 0.475. The summed E-state index contributed by atoms with van der Waals surface area (Å²) in [6.07, 6.45) is 2.53. The van der Waals surface area contributed by atoms with Gasteiger partial charge in [0.25, 0.3) is 0 Å². The molecular formula is C11H18N4OS. The van der Waals surface area contributed by atoms with Gasteiger partial charge >= 0.3 is 0 Å². The van der Waals surface area contributed by atoms with Crippen LogP contribution in [0.5, 0.6) is 0 Å². The lowest BCUT2D eigenvalue weighted by Gasteiger charge is -2.27. The van der Waals surface area contributed by atoms with Gasteiger partial charge in [0.1, 0.15) is 12.3 Å². The van der Waals surface area contributed by atoms with Crippen molar-refractivity contribution in [3.8, 4) is 0 Å². The Morgan fingerprint density at radius 1 is 1.59 bits per heavy atom. The maximum atomic E-state index is 5.94. The lowest BCUT2D eigenvalue weighted by molar-refractivity contribution is 0.445. The number of aromatic nitrogens is 1. The highest BCUT2D eigenvalue weighted by molar-refractivity contribution is 7.99. The van der Waals surface area contributed by atoms with Gasteiger partial charge in [-0.3, -0.25) is 0 Å². The van der Waals surface area contributed by atoms with Crippen molar-refractivity contribution in [1.82, 2.24) is 9.88 Å². The molecule has 0 unspecified atom stereocenters. The number of thioether (sulfide) groups is 1. The number of guanidine groups is 1. The zero-order chi connectivity index (χ0) is 12.1. The summed E-state index contributed by atoms with van der Waals surface area (Å²) in [5.74, 6) is 4.39. The van der Waals surface area contributed by atoms with Crippen LogP contribution in [0.3, 0.4) is 0 Å². The summed E-state index contributed by atoms with van der Waals surface area (Å²) in [6, 6.07) is 0. The fourth-order valence-corrected chi connectivity index (χ4v) is 2.54. The summed E-state index contributed by atoms with van der Waals surface area (Å²) in [5.41, 5.74) is 5.94. The Labute approximate surface area is 105 Å². The molecule has 1 aromatic rings. The molecule has 0 saturated carbocycles. The standard InChI is InChI=1S/C11H18N4OS/c1-2-10-13-7-9(16-10)8-14-11(12)15-3-5-17-6-4-15/h7H,2-6,8H2,1H3,(H2,12,14). The fourth-order valence-electron chi connectivity index (χ4n) is 1.64. The normalized spacial score (nSPS) is 17.5. The van der Waals surface area contributed by atoms with Gasteiger partial charge in [-0.2, -0.15) is 11.8 Å². The second-order valence-electron chi connectivity index (χ2n) is 3.85. The van der Waals surface area contributed by atoms with E-state index in [1.807, 2.05) is 18.7 Å². The molecule has 0 bridgehead atoms. The van der Waals surface area contributed by atoms with Crippen molar-refractivity contribution in [2.75, 3.05) is 24.6 Å². The summed E-state index contributed by atoms with van der Waals surface area (Å²) in [7, 11) is 0. The minimum Gasteiger partial charge on any atom is -0.444 e. The number of aryl methyl sites for hydroxylation is 1. The van der Waals surface area contributed by atoms with E-state index in [0.29, 0.717) is 12.5 Å². The van der Waals surface area contributed by atoms with E-state index in [4.69, 9.17) is 10.2 Å². The number of hydrogen-bond acceptors (Lipinski definition) is 4. The van der Waals surface area contributed by atoms with Crippen LogP contribution in [0.2, 0.25) is 0 Å². The molecule has 94 valence electrons. The average Bonchev–Trinajstić information content (AvgIpc) is 2.85. The first-order chi connectivity index (χ1) is 8.29. The predicted molar refractivity (Wildman–Crippen MR) is 70.1 cm³/mol. The molecule has 0 aliphatic carbocycles. The first-order valence-electron chi connectivity index (χ1n) is 5.85. The van der Waals surface area contributed by atoms with Crippen molar-refractivity contribution in [2.45, 2.75) is 19.9 Å². The van der Waals surface area contributed by atoms with Crippen LogP contribution in [0.4, 0.5) is 0 Å². The molecular weight excluding hydrogens is 236 g/mol. The fraction of sp³-hybridized carbons (Fsp3) is 0.636. The molecule has 1 fully saturated rings. The summed E-state index contributed by atoms with van der Waals surface area (Å²) < 4.78 is 5.47. The van der Waals surface area contributed by atoms with Gasteiger partial charge in [0.2, 0.25) is 0 Å². The summed E-state index contributed by atoms with van der Waals surface area (Å²) in [5, 5.41) is 0. The van der Waals surface area contributed by atoms with Gasteiger partial charge < -0.3 is 15.1 Å². The SMILES string of the molecule is CCc1ncc(CN=C(N)N2CCSCC2)o1. The molecule has 5 nitrogen and oxygen atoms in total. The Kier molecular flexibility index (Phi) is 4.30. The summed E-state index contributed by atoms with van der Waals surface area (Å²) >= 11 is 1.96. The molecule has 1 aromatic heterocycles. The molecule has 17 heavy (non-hydrogen) atoms. The number of oxazole rings is 1. The van der Waals surface area contributed by atoms with Crippen LogP contribution in [0.1, 0.15) is 18.6 Å². The predicted octanol–water partition coefficient (Wildman–Crippen LogP) is 1.10. The number of nitrogens with zero attached hydrogens (tertiary/aromatic N) is 3. The third-order valence-corrected chi connectivity index (χ3v) is 3.58. The molecule has 0 aromatic carbocycles. The van der Waals surface area contributed by atoms with Gasteiger partial charge in [-0.1, -0.05) is 6.92 Å². The van der Waals surface area contributed by atoms with E-state index in [0.717, 1.165) is 42.7 Å². The topological polar surface area (TPSA) is 67.7 Å². The van der Waals surface area contributed by atoms with Crippen molar-refractivity contribution in [1.29, 1.82) is 0 Å². The molecule has 1 aliphatic rings. The molecule has 1 saturated heterocycles. The van der Waals surface area contributed by atoms with Gasteiger partial charge in [-0.25, -0.2) is 9.98 Å². The van der Waals surface area contributed by atoms with Crippen LogP contribution in [0.25, 0.3) is 0 Å². The second-order valence-corrected chi connectivity index (χ2v) is 5.07. The third kappa shape index (κ3) is 3.39. The van der Waals surface area contributed by atoms with Crippen molar-refractivity contribution in [2.24, 2.45) is 10.7 Å². The second kappa shape index (κ2) is 5.95. The average molecular weight is 254 g/mol. The van der Waals surface area contributed by atoms with E-state index < -0.39 is 0 Å². The van der Waals surface area contributed by atoms with E-state index in [2.05, 4.69) is 14.9 Å². The van der Waals surface area contributed by atoms with Gasteiger partial charge in [-0.05, 0) is 0 Å². The van der Waals surface area contributed by atoms with Gasteiger partial charge in [-0.15, -0.1) is 0 Å². The first-order valence-corrected chi connectivity index (χ1v) is 7.01. The zero-order valence-electron chi connectivity index (χ0n) is 10.1. The minimum absolute atomic E-state index is 0.475. The molecule has 2 rings (SSSR count). The Hall–Kier alpha value is -1.17. The van der Waals surface area contributed by atoms with Crippen LogP contribution in [0.15, 0.2) is 15.6 Å². The molecule has 2 heterocycles. The highest BCUT2D eigenvalue weighted by Crippen LogP contribution is 2.09. The van der Waals surface area contributed by atoms with Crippen LogP contribution >= 0.6 is 11.8 Å². The van der Waals surface area contributed by atoms with E-state index >= 15 is 0 Å². The van der Waals surface area contributed by atoms with E-state index in [9.17, 15) is 0 Å². The van der Waals surface area contributed by atoms with Gasteiger partial charge in [0.15, 0.2) is 11.9 Å². The lowest BCUT2D eigenvalue weighted by Crippen LogP contribution is -2.42. The van der Waals surface area contributed by atoms with Crippen LogP contribution in [-0.2, 0) is 13.0 Å². The molecule has 1 aliphatic heterocycles. The van der Waals surface area contributed by atoms with Crippen molar-refractivity contribution in [3.05, 3.63) is 17.8 Å². The number of aliphatic imine (C=N–C) groups is 1. The first kappa shape index (κ1) is 12.3. The molecule has 0 radical (unpaired) electrons. The van der Waals surface area contributed by atoms with Crippen LogP contribution < -0.4 is 5.73 Å². The van der Waals surface area contributed by atoms with Crippen LogP contribution in [0, 0.1) is 0 Å². The lowest BCUT2D eigenvalue weighted by atomic mass is 10.5. The van der Waals surface area contributed by atoms with Crippen LogP contribution in [-0.4, -0.2) is 40.4 Å². The van der Waals surface area contributed by atoms with E-state index in [1.54, 1.807) is 6.20 Å².